The first-order valence-electron chi connectivity index (χ1n) is 8.55. The molecule has 3 rings (SSSR count). The van der Waals surface area contributed by atoms with E-state index in [1.807, 2.05) is 31.2 Å². The van der Waals surface area contributed by atoms with Crippen LogP contribution in [0.15, 0.2) is 52.7 Å². The van der Waals surface area contributed by atoms with Crippen LogP contribution in [0.2, 0.25) is 0 Å². The van der Waals surface area contributed by atoms with Crippen LogP contribution < -0.4 is 10.1 Å². The summed E-state index contributed by atoms with van der Waals surface area (Å²) in [5.41, 5.74) is 3.55. The van der Waals surface area contributed by atoms with E-state index in [4.69, 9.17) is 4.74 Å². The highest BCUT2D eigenvalue weighted by atomic mass is 32.1. The molecule has 0 saturated carbocycles. The van der Waals surface area contributed by atoms with Crippen molar-refractivity contribution in [2.75, 3.05) is 12.4 Å². The van der Waals surface area contributed by atoms with Crippen molar-refractivity contribution < 1.29 is 14.6 Å². The number of nitrogens with one attached hydrogen (secondary N) is 1. The van der Waals surface area contributed by atoms with Crippen LogP contribution in [0.25, 0.3) is 11.3 Å². The number of hydrogen-bond donors (Lipinski definition) is 2. The minimum absolute atomic E-state index is 0.0748. The fraction of sp³-hybridized carbons (Fsp3) is 0.200. The number of aromatic nitrogens is 1. The van der Waals surface area contributed by atoms with Gasteiger partial charge in [-0.25, -0.2) is 4.98 Å². The number of phenols is 1. The molecule has 0 aliphatic carbocycles. The number of ether oxygens (including phenoxy) is 1. The third-order valence-corrected chi connectivity index (χ3v) is 4.74. The number of thiazole rings is 1. The molecular formula is C20H20N4O3S. The van der Waals surface area contributed by atoms with Gasteiger partial charge in [-0.2, -0.15) is 5.11 Å². The third-order valence-electron chi connectivity index (χ3n) is 3.88. The molecule has 1 amide bonds. The summed E-state index contributed by atoms with van der Waals surface area (Å²) in [5.74, 6) is 0.291. The van der Waals surface area contributed by atoms with Crippen molar-refractivity contribution in [2.45, 2.75) is 20.4 Å². The Morgan fingerprint density at radius 1 is 1.25 bits per heavy atom. The lowest BCUT2D eigenvalue weighted by molar-refractivity contribution is -0.114. The van der Waals surface area contributed by atoms with E-state index < -0.39 is 0 Å². The predicted octanol–water partition coefficient (Wildman–Crippen LogP) is 5.08. The Kier molecular flexibility index (Phi) is 6.00. The monoisotopic (exact) mass is 396 g/mol. The van der Waals surface area contributed by atoms with E-state index in [-0.39, 0.29) is 11.7 Å². The molecule has 0 aliphatic rings. The number of phenolic OH excluding ortho intramolecular Hbond substituents is 1. The molecule has 0 saturated heterocycles. The maximum atomic E-state index is 11.5. The van der Waals surface area contributed by atoms with Gasteiger partial charge in [-0.3, -0.25) is 4.79 Å². The zero-order valence-corrected chi connectivity index (χ0v) is 16.6. The van der Waals surface area contributed by atoms with Gasteiger partial charge in [0.25, 0.3) is 0 Å². The normalized spacial score (nSPS) is 11.0. The van der Waals surface area contributed by atoms with Crippen molar-refractivity contribution in [3.63, 3.8) is 0 Å². The molecule has 0 bridgehead atoms. The van der Waals surface area contributed by atoms with Gasteiger partial charge in [0.15, 0.2) is 11.5 Å². The van der Waals surface area contributed by atoms with E-state index in [0.29, 0.717) is 28.1 Å². The average molecular weight is 396 g/mol. The maximum absolute atomic E-state index is 11.5. The van der Waals surface area contributed by atoms with Gasteiger partial charge in [-0.15, -0.1) is 5.11 Å². The van der Waals surface area contributed by atoms with Crippen LogP contribution in [0.3, 0.4) is 0 Å². The smallest absolute Gasteiger partial charge is 0.232 e. The number of aromatic hydroxyl groups is 1. The lowest BCUT2D eigenvalue weighted by Crippen LogP contribution is -2.05. The quantitative estimate of drug-likeness (QED) is 0.568. The van der Waals surface area contributed by atoms with Gasteiger partial charge in [0, 0.05) is 12.5 Å². The molecule has 28 heavy (non-hydrogen) atoms. The van der Waals surface area contributed by atoms with Crippen molar-refractivity contribution in [2.24, 2.45) is 10.2 Å². The molecule has 144 valence electrons. The summed E-state index contributed by atoms with van der Waals surface area (Å²) in [5, 5.41) is 21.9. The van der Waals surface area contributed by atoms with Crippen molar-refractivity contribution in [1.82, 2.24) is 4.98 Å². The Labute approximate surface area is 166 Å². The summed E-state index contributed by atoms with van der Waals surface area (Å²) in [6, 6.07) is 12.9. The van der Waals surface area contributed by atoms with Crippen molar-refractivity contribution in [3.8, 4) is 22.8 Å². The Balaban J connectivity index is 1.82. The minimum atomic E-state index is -0.170. The Hall–Kier alpha value is -3.26. The molecule has 0 atom stereocenters. The molecule has 2 N–H and O–H groups in total. The van der Waals surface area contributed by atoms with Crippen LogP contribution in [0, 0.1) is 6.92 Å². The van der Waals surface area contributed by atoms with Gasteiger partial charge in [0.2, 0.25) is 11.0 Å². The lowest BCUT2D eigenvalue weighted by Gasteiger charge is -2.04. The topological polar surface area (TPSA) is 96.2 Å². The van der Waals surface area contributed by atoms with Gasteiger partial charge in [-0.05, 0) is 24.6 Å². The second-order valence-corrected chi connectivity index (χ2v) is 7.10. The number of nitrogens with zero attached hydrogens (tertiary/aromatic N) is 3. The minimum Gasteiger partial charge on any atom is -0.504 e. The SMILES string of the molecule is COc1cc(CN=Nc2nc(-c3ccc(C)cc3)c(NC(C)=O)s2)ccc1O. The molecule has 8 heteroatoms. The van der Waals surface area contributed by atoms with E-state index in [2.05, 4.69) is 20.5 Å². The second-order valence-electron chi connectivity index (χ2n) is 6.13. The van der Waals surface area contributed by atoms with E-state index in [0.717, 1.165) is 16.7 Å². The summed E-state index contributed by atoms with van der Waals surface area (Å²) in [6.07, 6.45) is 0. The number of aryl methyl sites for hydroxylation is 1. The van der Waals surface area contributed by atoms with Crippen LogP contribution in [-0.2, 0) is 11.3 Å². The number of carbonyl (C=O) groups is 1. The summed E-state index contributed by atoms with van der Waals surface area (Å²) in [4.78, 5) is 16.0. The number of benzene rings is 2. The van der Waals surface area contributed by atoms with E-state index in [9.17, 15) is 9.90 Å². The first-order chi connectivity index (χ1) is 13.5. The van der Waals surface area contributed by atoms with Crippen molar-refractivity contribution in [3.05, 3.63) is 53.6 Å². The standard InChI is InChI=1S/C20H20N4O3S/c1-12-4-7-15(8-5-12)18-19(22-13(2)25)28-20(23-18)24-21-11-14-6-9-16(26)17(10-14)27-3/h4-10,26H,11H2,1-3H3,(H,22,25). The Morgan fingerprint density at radius 2 is 2.00 bits per heavy atom. The summed E-state index contributed by atoms with van der Waals surface area (Å²) >= 11 is 1.26. The molecule has 3 aromatic rings. The number of anilines is 1. The van der Waals surface area contributed by atoms with Crippen molar-refractivity contribution in [1.29, 1.82) is 0 Å². The predicted molar refractivity (Wildman–Crippen MR) is 109 cm³/mol. The molecule has 1 heterocycles. The number of amides is 1. The summed E-state index contributed by atoms with van der Waals surface area (Å²) < 4.78 is 5.09. The van der Waals surface area contributed by atoms with Gasteiger partial charge in [-0.1, -0.05) is 47.2 Å². The van der Waals surface area contributed by atoms with Crippen LogP contribution in [0.1, 0.15) is 18.1 Å². The largest absolute Gasteiger partial charge is 0.504 e. The summed E-state index contributed by atoms with van der Waals surface area (Å²) in [7, 11) is 1.49. The van der Waals surface area contributed by atoms with E-state index >= 15 is 0 Å². The Bertz CT molecular complexity index is 1010. The molecular weight excluding hydrogens is 376 g/mol. The number of rotatable bonds is 6. The highest BCUT2D eigenvalue weighted by molar-refractivity contribution is 7.19. The molecule has 1 aromatic heterocycles. The molecule has 2 aromatic carbocycles. The highest BCUT2D eigenvalue weighted by Gasteiger charge is 2.14. The van der Waals surface area contributed by atoms with E-state index in [1.165, 1.54) is 25.4 Å². The first kappa shape index (κ1) is 19.5. The van der Waals surface area contributed by atoms with Crippen LogP contribution >= 0.6 is 11.3 Å². The molecule has 7 nitrogen and oxygen atoms in total. The molecule has 0 radical (unpaired) electrons. The zero-order chi connectivity index (χ0) is 20.1. The van der Waals surface area contributed by atoms with Gasteiger partial charge in [0.05, 0.1) is 13.7 Å². The third kappa shape index (κ3) is 4.72. The molecule has 0 unspecified atom stereocenters. The van der Waals surface area contributed by atoms with Gasteiger partial charge >= 0.3 is 0 Å². The number of hydrogen-bond acceptors (Lipinski definition) is 7. The molecule has 0 fully saturated rings. The van der Waals surface area contributed by atoms with Crippen LogP contribution in [0.4, 0.5) is 10.1 Å². The molecule has 0 aliphatic heterocycles. The first-order valence-corrected chi connectivity index (χ1v) is 9.36. The van der Waals surface area contributed by atoms with E-state index in [1.54, 1.807) is 18.2 Å². The summed E-state index contributed by atoms with van der Waals surface area (Å²) in [6.45, 7) is 3.78. The fourth-order valence-corrected chi connectivity index (χ4v) is 3.37. The van der Waals surface area contributed by atoms with Crippen LogP contribution in [-0.4, -0.2) is 23.1 Å². The maximum Gasteiger partial charge on any atom is 0.232 e. The van der Waals surface area contributed by atoms with Crippen LogP contribution in [0.5, 0.6) is 11.5 Å². The zero-order valence-electron chi connectivity index (χ0n) is 15.8. The van der Waals surface area contributed by atoms with Crippen molar-refractivity contribution >= 4 is 27.4 Å². The average Bonchev–Trinajstić information content (AvgIpc) is 3.05. The fourth-order valence-electron chi connectivity index (χ4n) is 2.50. The molecule has 0 spiro atoms. The number of carbonyl (C=O) groups excluding carboxylic acids is 1. The number of methoxy groups -OCH3 is 1. The Morgan fingerprint density at radius 3 is 2.68 bits per heavy atom. The lowest BCUT2D eigenvalue weighted by atomic mass is 10.1. The number of azo groups is 1. The second kappa shape index (κ2) is 8.62. The highest BCUT2D eigenvalue weighted by Crippen LogP contribution is 2.37. The van der Waals surface area contributed by atoms with Gasteiger partial charge < -0.3 is 15.2 Å². The van der Waals surface area contributed by atoms with Gasteiger partial charge in [0.1, 0.15) is 10.7 Å².